The monoisotopic (exact) mass is 427 g/mol. The largest absolute Gasteiger partial charge is 0.381 e. The average Bonchev–Trinajstić information content (AvgIpc) is 2.79. The van der Waals surface area contributed by atoms with E-state index in [1.54, 1.807) is 11.1 Å². The number of halogens is 1. The van der Waals surface area contributed by atoms with Crippen LogP contribution in [0, 0.1) is 11.7 Å². The zero-order valence-electron chi connectivity index (χ0n) is 17.5. The van der Waals surface area contributed by atoms with Gasteiger partial charge in [0.1, 0.15) is 11.4 Å². The van der Waals surface area contributed by atoms with Crippen molar-refractivity contribution in [3.63, 3.8) is 0 Å². The Hall–Kier alpha value is -3.00. The number of carbonyl (C=O) groups is 2. The van der Waals surface area contributed by atoms with E-state index >= 15 is 0 Å². The zero-order valence-corrected chi connectivity index (χ0v) is 17.5. The molecule has 2 amide bonds. The lowest BCUT2D eigenvalue weighted by Gasteiger charge is -2.32. The number of rotatable bonds is 4. The molecule has 1 atom stereocenters. The molecule has 1 fully saturated rings. The third-order valence-corrected chi connectivity index (χ3v) is 6.03. The number of nitrogens with one attached hydrogen (secondary N) is 1. The van der Waals surface area contributed by atoms with Gasteiger partial charge in [-0.3, -0.25) is 19.0 Å². The highest BCUT2D eigenvalue weighted by Crippen LogP contribution is 2.25. The molecule has 1 aromatic carbocycles. The van der Waals surface area contributed by atoms with Gasteiger partial charge in [0.2, 0.25) is 5.91 Å². The number of hydrogen-bond donors (Lipinski definition) is 1. The summed E-state index contributed by atoms with van der Waals surface area (Å²) in [6.45, 7) is 2.16. The molecule has 2 aliphatic heterocycles. The number of hydrogen-bond acceptors (Lipinski definition) is 4. The molecule has 3 heterocycles. The van der Waals surface area contributed by atoms with Gasteiger partial charge in [-0.15, -0.1) is 0 Å². The van der Waals surface area contributed by atoms with Crippen molar-refractivity contribution in [2.24, 2.45) is 5.92 Å². The van der Waals surface area contributed by atoms with Crippen molar-refractivity contribution in [2.45, 2.75) is 32.2 Å². The van der Waals surface area contributed by atoms with Crippen LogP contribution in [-0.2, 0) is 22.5 Å². The van der Waals surface area contributed by atoms with Crippen molar-refractivity contribution in [1.29, 1.82) is 0 Å². The summed E-state index contributed by atoms with van der Waals surface area (Å²) >= 11 is 0. The van der Waals surface area contributed by atoms with Gasteiger partial charge in [-0.1, -0.05) is 0 Å². The minimum Gasteiger partial charge on any atom is -0.381 e. The van der Waals surface area contributed by atoms with Crippen LogP contribution in [0.5, 0.6) is 0 Å². The average molecular weight is 427 g/mol. The first kappa shape index (κ1) is 21.2. The third kappa shape index (κ3) is 4.39. The Kier molecular flexibility index (Phi) is 6.18. The summed E-state index contributed by atoms with van der Waals surface area (Å²) in [4.78, 5) is 40.3. The Balaban J connectivity index is 1.67. The third-order valence-electron chi connectivity index (χ3n) is 6.03. The van der Waals surface area contributed by atoms with Crippen LogP contribution in [-0.4, -0.2) is 48.1 Å². The van der Waals surface area contributed by atoms with Crippen molar-refractivity contribution < 1.29 is 18.7 Å². The summed E-state index contributed by atoms with van der Waals surface area (Å²) in [5.74, 6) is -0.582. The van der Waals surface area contributed by atoms with Crippen LogP contribution in [0.2, 0.25) is 0 Å². The first-order chi connectivity index (χ1) is 15.0. The lowest BCUT2D eigenvalue weighted by Crippen LogP contribution is -2.41. The molecule has 1 aromatic heterocycles. The Morgan fingerprint density at radius 2 is 2.03 bits per heavy atom. The van der Waals surface area contributed by atoms with Gasteiger partial charge in [0.15, 0.2) is 0 Å². The van der Waals surface area contributed by atoms with E-state index in [0.717, 1.165) is 25.0 Å². The Bertz CT molecular complexity index is 1040. The Morgan fingerprint density at radius 1 is 1.26 bits per heavy atom. The number of benzene rings is 1. The summed E-state index contributed by atoms with van der Waals surface area (Å²) in [7, 11) is 1.48. The summed E-state index contributed by atoms with van der Waals surface area (Å²) in [5.41, 5.74) is 1.51. The molecule has 1 N–H and O–H groups in total. The highest BCUT2D eigenvalue weighted by molar-refractivity contribution is 5.95. The van der Waals surface area contributed by atoms with Crippen LogP contribution < -0.4 is 10.9 Å². The molecule has 0 saturated carbocycles. The summed E-state index contributed by atoms with van der Waals surface area (Å²) in [6.07, 6.45) is 4.50. The fourth-order valence-electron chi connectivity index (χ4n) is 4.37. The topological polar surface area (TPSA) is 80.6 Å². The van der Waals surface area contributed by atoms with E-state index in [-0.39, 0.29) is 17.4 Å². The van der Waals surface area contributed by atoms with Crippen molar-refractivity contribution in [3.05, 3.63) is 63.3 Å². The summed E-state index contributed by atoms with van der Waals surface area (Å²) in [6, 6.07) is 5.52. The van der Waals surface area contributed by atoms with Gasteiger partial charge in [-0.2, -0.15) is 0 Å². The van der Waals surface area contributed by atoms with Gasteiger partial charge in [-0.05, 0) is 60.6 Å². The maximum Gasteiger partial charge on any atom is 0.268 e. The predicted octanol–water partition coefficient (Wildman–Crippen LogP) is 2.04. The molecule has 8 heteroatoms. The maximum absolute atomic E-state index is 13.4. The quantitative estimate of drug-likeness (QED) is 0.810. The molecule has 0 radical (unpaired) electrons. The number of amides is 2. The maximum atomic E-state index is 13.4. The second kappa shape index (κ2) is 9.01. The highest BCUT2D eigenvalue weighted by atomic mass is 19.1. The molecule has 2 aliphatic rings. The number of ether oxygens (including phenoxy) is 1. The molecule has 0 bridgehead atoms. The lowest BCUT2D eigenvalue weighted by atomic mass is 9.94. The smallest absolute Gasteiger partial charge is 0.268 e. The molecule has 2 aromatic rings. The van der Waals surface area contributed by atoms with Gasteiger partial charge in [0.25, 0.3) is 11.5 Å². The van der Waals surface area contributed by atoms with Gasteiger partial charge in [0.05, 0.1) is 0 Å². The van der Waals surface area contributed by atoms with Crippen molar-refractivity contribution >= 4 is 11.8 Å². The van der Waals surface area contributed by atoms with Crippen LogP contribution in [0.3, 0.4) is 0 Å². The van der Waals surface area contributed by atoms with Crippen LogP contribution in [0.1, 0.15) is 40.7 Å². The van der Waals surface area contributed by atoms with E-state index in [1.807, 2.05) is 0 Å². The number of aromatic nitrogens is 1. The van der Waals surface area contributed by atoms with Crippen LogP contribution in [0.4, 0.5) is 4.39 Å². The van der Waals surface area contributed by atoms with E-state index in [9.17, 15) is 18.8 Å². The molecule has 1 saturated heterocycles. The minimum absolute atomic E-state index is 0.0576. The van der Waals surface area contributed by atoms with E-state index < -0.39 is 17.3 Å². The minimum atomic E-state index is -0.461. The number of fused-ring (bicyclic) bond motifs is 1. The van der Waals surface area contributed by atoms with Gasteiger partial charge >= 0.3 is 0 Å². The van der Waals surface area contributed by atoms with Crippen LogP contribution in [0.15, 0.2) is 35.3 Å². The van der Waals surface area contributed by atoms with Gasteiger partial charge in [-0.25, -0.2) is 4.39 Å². The number of carbonyl (C=O) groups excluding carboxylic acids is 2. The standard InChI is InChI=1S/C23H26FN3O4/c1-25-22(29)21-19-8-9-26(20(28)11-15-3-2-10-31-14-15)12-16(19)13-27(23(21)30)18-6-4-17(24)5-7-18/h4-7,13,15H,2-3,8-12,14H2,1H3,(H,25,29). The lowest BCUT2D eigenvalue weighted by molar-refractivity contribution is -0.134. The molecular weight excluding hydrogens is 401 g/mol. The molecule has 0 aliphatic carbocycles. The molecule has 4 rings (SSSR count). The van der Waals surface area contributed by atoms with Gasteiger partial charge < -0.3 is 15.0 Å². The van der Waals surface area contributed by atoms with Crippen LogP contribution in [0.25, 0.3) is 5.69 Å². The number of nitrogens with zero attached hydrogens (tertiary/aromatic N) is 2. The Morgan fingerprint density at radius 3 is 2.71 bits per heavy atom. The van der Waals surface area contributed by atoms with Crippen molar-refractivity contribution in [2.75, 3.05) is 26.8 Å². The van der Waals surface area contributed by atoms with E-state index in [0.29, 0.717) is 43.8 Å². The Labute approximate surface area is 179 Å². The first-order valence-corrected chi connectivity index (χ1v) is 10.6. The molecule has 7 nitrogen and oxygen atoms in total. The van der Waals surface area contributed by atoms with Gasteiger partial charge in [0, 0.05) is 51.7 Å². The molecule has 1 unspecified atom stereocenters. The second-order valence-electron chi connectivity index (χ2n) is 8.09. The van der Waals surface area contributed by atoms with E-state index in [2.05, 4.69) is 5.32 Å². The second-order valence-corrected chi connectivity index (χ2v) is 8.09. The van der Waals surface area contributed by atoms with Crippen LogP contribution >= 0.6 is 0 Å². The predicted molar refractivity (Wildman–Crippen MR) is 113 cm³/mol. The molecule has 0 spiro atoms. The van der Waals surface area contributed by atoms with E-state index in [4.69, 9.17) is 4.74 Å². The normalized spacial score (nSPS) is 18.4. The molecular formula is C23H26FN3O4. The van der Waals surface area contributed by atoms with Crippen molar-refractivity contribution in [3.8, 4) is 5.69 Å². The first-order valence-electron chi connectivity index (χ1n) is 10.6. The SMILES string of the molecule is CNC(=O)c1c2c(cn(-c3ccc(F)cc3)c1=O)CN(C(=O)CC1CCCOC1)CC2. The fraction of sp³-hybridized carbons (Fsp3) is 0.435. The van der Waals surface area contributed by atoms with Crippen molar-refractivity contribution in [1.82, 2.24) is 14.8 Å². The summed E-state index contributed by atoms with van der Waals surface area (Å²) in [5, 5.41) is 2.54. The fourth-order valence-corrected chi connectivity index (χ4v) is 4.37. The summed E-state index contributed by atoms with van der Waals surface area (Å²) < 4.78 is 20.2. The molecule has 31 heavy (non-hydrogen) atoms. The highest BCUT2D eigenvalue weighted by Gasteiger charge is 2.29. The zero-order chi connectivity index (χ0) is 22.0. The number of pyridine rings is 1. The molecule has 164 valence electrons. The van der Waals surface area contributed by atoms with E-state index in [1.165, 1.54) is 35.9 Å².